The summed E-state index contributed by atoms with van der Waals surface area (Å²) in [5.41, 5.74) is 0.495. The van der Waals surface area contributed by atoms with E-state index in [1.54, 1.807) is 12.1 Å². The Morgan fingerprint density at radius 1 is 1.00 bits per heavy atom. The minimum absolute atomic E-state index is 0.0216. The standard InChI is InChI=1S/C16H12F3N3O/c1-9-5-7-10(8-6-9)21-22-14-11-3-2-4-12(16(17,18)19)13(11)20-15(14)23/h2-8,20,23H,1H3. The molecule has 118 valence electrons. The van der Waals surface area contributed by atoms with E-state index in [4.69, 9.17) is 0 Å². The number of para-hydroxylation sites is 1. The lowest BCUT2D eigenvalue weighted by molar-refractivity contribution is -0.136. The number of nitrogens with zero attached hydrogens (tertiary/aromatic N) is 2. The molecule has 0 aliphatic heterocycles. The maximum absolute atomic E-state index is 13.0. The summed E-state index contributed by atoms with van der Waals surface area (Å²) in [6.07, 6.45) is -4.53. The molecule has 0 aliphatic rings. The van der Waals surface area contributed by atoms with Gasteiger partial charge in [0.25, 0.3) is 0 Å². The number of rotatable bonds is 2. The van der Waals surface area contributed by atoms with Crippen LogP contribution in [0.2, 0.25) is 0 Å². The van der Waals surface area contributed by atoms with Gasteiger partial charge in [0.05, 0.1) is 16.8 Å². The van der Waals surface area contributed by atoms with Crippen LogP contribution in [0.3, 0.4) is 0 Å². The zero-order chi connectivity index (χ0) is 16.6. The maximum Gasteiger partial charge on any atom is 0.418 e. The van der Waals surface area contributed by atoms with Gasteiger partial charge in [-0.25, -0.2) is 0 Å². The lowest BCUT2D eigenvalue weighted by Crippen LogP contribution is -2.05. The molecule has 0 atom stereocenters. The molecular weight excluding hydrogens is 307 g/mol. The van der Waals surface area contributed by atoms with E-state index in [1.807, 2.05) is 19.1 Å². The van der Waals surface area contributed by atoms with E-state index in [0.717, 1.165) is 11.6 Å². The van der Waals surface area contributed by atoms with Crippen LogP contribution in [-0.4, -0.2) is 10.1 Å². The van der Waals surface area contributed by atoms with Gasteiger partial charge >= 0.3 is 6.18 Å². The van der Waals surface area contributed by atoms with Crippen LogP contribution in [0.25, 0.3) is 10.9 Å². The van der Waals surface area contributed by atoms with Crippen molar-refractivity contribution in [1.29, 1.82) is 0 Å². The van der Waals surface area contributed by atoms with E-state index >= 15 is 0 Å². The predicted molar refractivity (Wildman–Crippen MR) is 80.3 cm³/mol. The summed E-state index contributed by atoms with van der Waals surface area (Å²) in [5.74, 6) is -0.451. The number of fused-ring (bicyclic) bond motifs is 1. The van der Waals surface area contributed by atoms with Gasteiger partial charge in [-0.15, -0.1) is 5.11 Å². The van der Waals surface area contributed by atoms with Crippen molar-refractivity contribution >= 4 is 22.3 Å². The van der Waals surface area contributed by atoms with Crippen molar-refractivity contribution in [2.75, 3.05) is 0 Å². The topological polar surface area (TPSA) is 60.7 Å². The average molecular weight is 319 g/mol. The lowest BCUT2D eigenvalue weighted by atomic mass is 10.1. The summed E-state index contributed by atoms with van der Waals surface area (Å²) in [7, 11) is 0. The largest absolute Gasteiger partial charge is 0.493 e. The van der Waals surface area contributed by atoms with E-state index < -0.39 is 17.6 Å². The van der Waals surface area contributed by atoms with E-state index in [9.17, 15) is 18.3 Å². The first-order valence-electron chi connectivity index (χ1n) is 6.75. The Labute approximate surface area is 129 Å². The summed E-state index contributed by atoms with van der Waals surface area (Å²) in [5, 5.41) is 17.9. The van der Waals surface area contributed by atoms with Crippen LogP contribution in [0.5, 0.6) is 5.88 Å². The Morgan fingerprint density at radius 3 is 2.35 bits per heavy atom. The molecule has 0 spiro atoms. The number of hydrogen-bond acceptors (Lipinski definition) is 3. The third kappa shape index (κ3) is 2.90. The minimum Gasteiger partial charge on any atom is -0.493 e. The maximum atomic E-state index is 13.0. The Balaban J connectivity index is 2.08. The number of hydrogen-bond donors (Lipinski definition) is 2. The molecule has 2 aromatic carbocycles. The number of alkyl halides is 3. The third-order valence-electron chi connectivity index (χ3n) is 3.39. The fourth-order valence-electron chi connectivity index (χ4n) is 2.25. The number of aryl methyl sites for hydroxylation is 1. The van der Waals surface area contributed by atoms with E-state index in [1.165, 1.54) is 12.1 Å². The van der Waals surface area contributed by atoms with E-state index in [-0.39, 0.29) is 16.6 Å². The Kier molecular flexibility index (Phi) is 3.55. The van der Waals surface area contributed by atoms with Crippen molar-refractivity contribution < 1.29 is 18.3 Å². The van der Waals surface area contributed by atoms with Crippen LogP contribution < -0.4 is 0 Å². The number of benzene rings is 2. The molecule has 4 nitrogen and oxygen atoms in total. The monoisotopic (exact) mass is 319 g/mol. The fourth-order valence-corrected chi connectivity index (χ4v) is 2.25. The van der Waals surface area contributed by atoms with Gasteiger partial charge in [-0.1, -0.05) is 29.8 Å². The van der Waals surface area contributed by atoms with Crippen LogP contribution in [0, 0.1) is 6.92 Å². The molecule has 0 amide bonds. The number of azo groups is 1. The van der Waals surface area contributed by atoms with Crippen LogP contribution in [0.4, 0.5) is 24.5 Å². The number of H-pyrrole nitrogens is 1. The fraction of sp³-hybridized carbons (Fsp3) is 0.125. The van der Waals surface area contributed by atoms with Crippen LogP contribution in [-0.2, 0) is 6.18 Å². The molecule has 3 aromatic rings. The number of halogens is 3. The third-order valence-corrected chi connectivity index (χ3v) is 3.39. The minimum atomic E-state index is -4.53. The summed E-state index contributed by atoms with van der Waals surface area (Å²) in [6.45, 7) is 1.92. The summed E-state index contributed by atoms with van der Waals surface area (Å²) >= 11 is 0. The molecule has 0 aliphatic carbocycles. The first kappa shape index (κ1) is 15.1. The first-order valence-corrected chi connectivity index (χ1v) is 6.75. The van der Waals surface area contributed by atoms with E-state index in [2.05, 4.69) is 15.2 Å². The molecule has 0 radical (unpaired) electrons. The highest BCUT2D eigenvalue weighted by molar-refractivity contribution is 5.96. The molecule has 0 unspecified atom stereocenters. The molecule has 23 heavy (non-hydrogen) atoms. The van der Waals surface area contributed by atoms with Crippen molar-refractivity contribution in [1.82, 2.24) is 4.98 Å². The molecule has 3 rings (SSSR count). The van der Waals surface area contributed by atoms with Gasteiger partial charge in [0.1, 0.15) is 0 Å². The van der Waals surface area contributed by atoms with Crippen molar-refractivity contribution in [2.45, 2.75) is 13.1 Å². The zero-order valence-corrected chi connectivity index (χ0v) is 12.0. The smallest absolute Gasteiger partial charge is 0.418 e. The van der Waals surface area contributed by atoms with Gasteiger partial charge in [0.2, 0.25) is 5.88 Å². The predicted octanol–water partition coefficient (Wildman–Crippen LogP) is 5.62. The number of aromatic amines is 1. The lowest BCUT2D eigenvalue weighted by Gasteiger charge is -2.06. The van der Waals surface area contributed by atoms with Crippen molar-refractivity contribution in [3.05, 3.63) is 53.6 Å². The molecule has 7 heteroatoms. The van der Waals surface area contributed by atoms with Crippen LogP contribution in [0.15, 0.2) is 52.7 Å². The second kappa shape index (κ2) is 5.42. The quantitative estimate of drug-likeness (QED) is 0.592. The average Bonchev–Trinajstić information content (AvgIpc) is 2.81. The number of aromatic nitrogens is 1. The van der Waals surface area contributed by atoms with Crippen molar-refractivity contribution in [2.24, 2.45) is 10.2 Å². The highest BCUT2D eigenvalue weighted by Gasteiger charge is 2.34. The van der Waals surface area contributed by atoms with Gasteiger partial charge < -0.3 is 10.1 Å². The Bertz CT molecular complexity index is 880. The summed E-state index contributed by atoms with van der Waals surface area (Å²) in [6, 6.07) is 10.8. The Morgan fingerprint density at radius 2 is 1.70 bits per heavy atom. The molecule has 0 saturated carbocycles. The van der Waals surface area contributed by atoms with Crippen molar-refractivity contribution in [3.63, 3.8) is 0 Å². The van der Waals surface area contributed by atoms with Gasteiger partial charge in [0, 0.05) is 5.39 Å². The van der Waals surface area contributed by atoms with Gasteiger partial charge in [-0.2, -0.15) is 18.3 Å². The number of nitrogens with one attached hydrogen (secondary N) is 1. The molecule has 0 bridgehead atoms. The first-order chi connectivity index (χ1) is 10.9. The molecule has 1 heterocycles. The number of aromatic hydroxyl groups is 1. The van der Waals surface area contributed by atoms with E-state index in [0.29, 0.717) is 5.69 Å². The van der Waals surface area contributed by atoms with Gasteiger partial charge in [-0.3, -0.25) is 0 Å². The van der Waals surface area contributed by atoms with Gasteiger partial charge in [-0.05, 0) is 25.1 Å². The SMILES string of the molecule is Cc1ccc(N=Nc2c(O)[nH]c3c(C(F)(F)F)cccc23)cc1. The van der Waals surface area contributed by atoms with Crippen LogP contribution >= 0.6 is 0 Å². The van der Waals surface area contributed by atoms with Crippen molar-refractivity contribution in [3.8, 4) is 5.88 Å². The van der Waals surface area contributed by atoms with Crippen LogP contribution in [0.1, 0.15) is 11.1 Å². The highest BCUT2D eigenvalue weighted by atomic mass is 19.4. The second-order valence-corrected chi connectivity index (χ2v) is 5.08. The second-order valence-electron chi connectivity index (χ2n) is 5.08. The highest BCUT2D eigenvalue weighted by Crippen LogP contribution is 2.42. The Hall–Kier alpha value is -2.83. The van der Waals surface area contributed by atoms with Gasteiger partial charge in [0.15, 0.2) is 5.69 Å². The summed E-state index contributed by atoms with van der Waals surface area (Å²) < 4.78 is 39.0. The molecule has 0 saturated heterocycles. The normalized spacial score (nSPS) is 12.3. The zero-order valence-electron chi connectivity index (χ0n) is 12.0. The molecular formula is C16H12F3N3O. The molecule has 1 aromatic heterocycles. The molecule has 0 fully saturated rings. The molecule has 2 N–H and O–H groups in total. The summed E-state index contributed by atoms with van der Waals surface area (Å²) in [4.78, 5) is 2.33.